The predicted molar refractivity (Wildman–Crippen MR) is 130 cm³/mol. The maximum atomic E-state index is 13.2. The van der Waals surface area contributed by atoms with E-state index in [2.05, 4.69) is 31.4 Å². The second-order valence-electron chi connectivity index (χ2n) is 6.94. The molecule has 2 heterocycles. The fraction of sp³-hybridized carbons (Fsp3) is 0.130. The first-order valence-corrected chi connectivity index (χ1v) is 11.3. The largest absolute Gasteiger partial charge is 0.496 e. The number of ether oxygens (including phenoxy) is 1. The second kappa shape index (κ2) is 9.46. The summed E-state index contributed by atoms with van der Waals surface area (Å²) < 4.78 is 7.27. The van der Waals surface area contributed by atoms with Crippen molar-refractivity contribution in [2.75, 3.05) is 7.11 Å². The summed E-state index contributed by atoms with van der Waals surface area (Å²) in [7, 11) is 1.59. The lowest BCUT2D eigenvalue weighted by atomic mass is 10.0. The quantitative estimate of drug-likeness (QED) is 0.308. The third-order valence-electron chi connectivity index (χ3n) is 4.81. The van der Waals surface area contributed by atoms with Gasteiger partial charge in [0, 0.05) is 10.4 Å². The molecule has 4 aromatic rings. The zero-order valence-electron chi connectivity index (χ0n) is 17.3. The zero-order chi connectivity index (χ0) is 22.7. The van der Waals surface area contributed by atoms with Gasteiger partial charge in [-0.25, -0.2) is 10.4 Å². The topological polar surface area (TPSA) is 85.6 Å². The molecule has 7 nitrogen and oxygen atoms in total. The molecule has 0 bridgehead atoms. The van der Waals surface area contributed by atoms with E-state index in [0.717, 1.165) is 26.0 Å². The van der Waals surface area contributed by atoms with Crippen LogP contribution < -0.4 is 15.7 Å². The molecule has 0 aliphatic rings. The molecule has 0 radical (unpaired) electrons. The van der Waals surface area contributed by atoms with Gasteiger partial charge in [0.05, 0.1) is 29.5 Å². The van der Waals surface area contributed by atoms with E-state index >= 15 is 0 Å². The number of nitrogens with zero attached hydrogens (tertiary/aromatic N) is 3. The van der Waals surface area contributed by atoms with Crippen molar-refractivity contribution in [3.63, 3.8) is 0 Å². The Morgan fingerprint density at radius 3 is 2.78 bits per heavy atom. The molecule has 0 aliphatic carbocycles. The molecule has 0 spiro atoms. The monoisotopic (exact) mass is 510 g/mol. The Morgan fingerprint density at radius 2 is 2.06 bits per heavy atom. The first-order valence-electron chi connectivity index (χ1n) is 9.67. The Bertz CT molecular complexity index is 1380. The molecule has 9 heteroatoms. The molecule has 1 N–H and O–H groups in total. The Balaban J connectivity index is 1.54. The van der Waals surface area contributed by atoms with Gasteiger partial charge in [0.25, 0.3) is 11.5 Å². The first kappa shape index (κ1) is 21.9. The number of carbonyl (C=O) groups excluding carboxylic acids is 1. The van der Waals surface area contributed by atoms with Gasteiger partial charge >= 0.3 is 0 Å². The molecular formula is C23H19BrN4O3S. The van der Waals surface area contributed by atoms with E-state index in [1.807, 2.05) is 49.4 Å². The third kappa shape index (κ3) is 4.49. The number of hydrazone groups is 1. The van der Waals surface area contributed by atoms with Crippen LogP contribution in [0.3, 0.4) is 0 Å². The molecule has 0 fully saturated rings. The van der Waals surface area contributed by atoms with E-state index in [1.54, 1.807) is 13.2 Å². The number of rotatable bonds is 6. The van der Waals surface area contributed by atoms with Gasteiger partial charge in [-0.1, -0.05) is 30.3 Å². The van der Waals surface area contributed by atoms with Gasteiger partial charge in [-0.15, -0.1) is 11.3 Å². The van der Waals surface area contributed by atoms with Crippen LogP contribution in [-0.4, -0.2) is 28.8 Å². The van der Waals surface area contributed by atoms with Crippen LogP contribution in [0.4, 0.5) is 0 Å². The highest BCUT2D eigenvalue weighted by molar-refractivity contribution is 9.10. The molecule has 4 rings (SSSR count). The van der Waals surface area contributed by atoms with Gasteiger partial charge in [0.1, 0.15) is 17.1 Å². The lowest BCUT2D eigenvalue weighted by Crippen LogP contribution is -2.30. The molecule has 162 valence electrons. The number of aryl methyl sites for hydroxylation is 1. The van der Waals surface area contributed by atoms with Gasteiger partial charge < -0.3 is 4.74 Å². The van der Waals surface area contributed by atoms with Crippen molar-refractivity contribution in [2.45, 2.75) is 13.5 Å². The zero-order valence-corrected chi connectivity index (χ0v) is 19.7. The number of thiophene rings is 1. The van der Waals surface area contributed by atoms with Crippen LogP contribution >= 0.6 is 27.3 Å². The van der Waals surface area contributed by atoms with E-state index < -0.39 is 5.91 Å². The Labute approximate surface area is 196 Å². The van der Waals surface area contributed by atoms with Crippen molar-refractivity contribution < 1.29 is 9.53 Å². The van der Waals surface area contributed by atoms with Crippen molar-refractivity contribution >= 4 is 49.6 Å². The summed E-state index contributed by atoms with van der Waals surface area (Å²) >= 11 is 4.88. The smallest absolute Gasteiger partial charge is 0.263 e. The highest BCUT2D eigenvalue weighted by Crippen LogP contribution is 2.35. The van der Waals surface area contributed by atoms with Gasteiger partial charge in [-0.3, -0.25) is 14.2 Å². The van der Waals surface area contributed by atoms with Crippen LogP contribution in [0.25, 0.3) is 21.3 Å². The maximum Gasteiger partial charge on any atom is 0.263 e. The van der Waals surface area contributed by atoms with Crippen LogP contribution in [0, 0.1) is 6.92 Å². The number of benzene rings is 2. The summed E-state index contributed by atoms with van der Waals surface area (Å²) in [6, 6.07) is 15.1. The van der Waals surface area contributed by atoms with Crippen LogP contribution in [0.2, 0.25) is 0 Å². The Kier molecular flexibility index (Phi) is 6.48. The number of carbonyl (C=O) groups is 1. The number of methoxy groups -OCH3 is 1. The van der Waals surface area contributed by atoms with Crippen molar-refractivity contribution in [2.24, 2.45) is 5.10 Å². The number of hydrogen-bond donors (Lipinski definition) is 1. The van der Waals surface area contributed by atoms with Gasteiger partial charge in [0.2, 0.25) is 0 Å². The average molecular weight is 511 g/mol. The third-order valence-corrected chi connectivity index (χ3v) is 6.44. The molecule has 0 aliphatic heterocycles. The van der Waals surface area contributed by atoms with Crippen LogP contribution in [0.1, 0.15) is 10.4 Å². The number of aromatic nitrogens is 2. The minimum Gasteiger partial charge on any atom is -0.496 e. The molecule has 32 heavy (non-hydrogen) atoms. The second-order valence-corrected chi connectivity index (χ2v) is 9.00. The molecule has 0 unspecified atom stereocenters. The Hall–Kier alpha value is -3.30. The predicted octanol–water partition coefficient (Wildman–Crippen LogP) is 4.35. The summed E-state index contributed by atoms with van der Waals surface area (Å²) in [5.41, 5.74) is 4.79. The van der Waals surface area contributed by atoms with Crippen molar-refractivity contribution in [1.29, 1.82) is 0 Å². The van der Waals surface area contributed by atoms with Crippen molar-refractivity contribution in [3.8, 4) is 16.9 Å². The molecule has 0 saturated carbocycles. The fourth-order valence-electron chi connectivity index (χ4n) is 3.33. The fourth-order valence-corrected chi connectivity index (χ4v) is 4.90. The molecule has 1 amide bonds. The van der Waals surface area contributed by atoms with Crippen LogP contribution in [-0.2, 0) is 11.3 Å². The summed E-state index contributed by atoms with van der Waals surface area (Å²) in [4.78, 5) is 31.6. The van der Waals surface area contributed by atoms with Gasteiger partial charge in [0.15, 0.2) is 0 Å². The number of fused-ring (bicyclic) bond motifs is 1. The van der Waals surface area contributed by atoms with E-state index in [4.69, 9.17) is 4.74 Å². The van der Waals surface area contributed by atoms with E-state index in [-0.39, 0.29) is 12.1 Å². The van der Waals surface area contributed by atoms with Crippen molar-refractivity contribution in [3.05, 3.63) is 80.1 Å². The van der Waals surface area contributed by atoms with Crippen LogP contribution in [0.5, 0.6) is 5.75 Å². The van der Waals surface area contributed by atoms with Crippen molar-refractivity contribution in [1.82, 2.24) is 15.0 Å². The highest BCUT2D eigenvalue weighted by atomic mass is 79.9. The normalized spacial score (nSPS) is 11.2. The minimum atomic E-state index is -0.426. The van der Waals surface area contributed by atoms with Gasteiger partial charge in [-0.2, -0.15) is 5.10 Å². The lowest BCUT2D eigenvalue weighted by Gasteiger charge is -2.06. The standard InChI is InChI=1S/C23H19BrN4O3S/c1-14-20(16-6-4-3-5-7-16)21-22(32-14)25-13-28(23(21)30)12-19(29)27-26-11-15-8-9-18(31-2)17(24)10-15/h3-11,13H,12H2,1-2H3,(H,27,29)/b26-11-. The van der Waals surface area contributed by atoms with E-state index in [9.17, 15) is 9.59 Å². The average Bonchev–Trinajstić information content (AvgIpc) is 3.13. The minimum absolute atomic E-state index is 0.186. The molecule has 0 saturated heterocycles. The maximum absolute atomic E-state index is 13.2. The number of hydrogen-bond acceptors (Lipinski definition) is 6. The lowest BCUT2D eigenvalue weighted by molar-refractivity contribution is -0.121. The molecule has 2 aromatic heterocycles. The molecular weight excluding hydrogens is 492 g/mol. The molecule has 0 atom stereocenters. The van der Waals surface area contributed by atoms with E-state index in [1.165, 1.54) is 28.4 Å². The summed E-state index contributed by atoms with van der Waals surface area (Å²) in [5, 5.41) is 4.50. The summed E-state index contributed by atoms with van der Waals surface area (Å²) in [6.07, 6.45) is 2.92. The van der Waals surface area contributed by atoms with Gasteiger partial charge in [-0.05, 0) is 52.2 Å². The Morgan fingerprint density at radius 1 is 1.28 bits per heavy atom. The SMILES string of the molecule is COc1ccc(/C=N\NC(=O)Cn2cnc3sc(C)c(-c4ccccc4)c3c2=O)cc1Br. The first-order chi connectivity index (χ1) is 15.5. The number of nitrogens with one attached hydrogen (secondary N) is 1. The van der Waals surface area contributed by atoms with Crippen LogP contribution in [0.15, 0.2) is 69.2 Å². The summed E-state index contributed by atoms with van der Waals surface area (Å²) in [5.74, 6) is 0.275. The number of amides is 1. The summed E-state index contributed by atoms with van der Waals surface area (Å²) in [6.45, 7) is 1.78. The molecule has 2 aromatic carbocycles. The van der Waals surface area contributed by atoms with E-state index in [0.29, 0.717) is 16.0 Å². The number of halogens is 1. The highest BCUT2D eigenvalue weighted by Gasteiger charge is 2.17.